The van der Waals surface area contributed by atoms with Crippen molar-refractivity contribution in [2.24, 2.45) is 14.1 Å². The van der Waals surface area contributed by atoms with Gasteiger partial charge in [0, 0.05) is 32.4 Å². The van der Waals surface area contributed by atoms with Gasteiger partial charge >= 0.3 is 0 Å². The summed E-state index contributed by atoms with van der Waals surface area (Å²) in [5.74, 6) is 0. The Bertz CT molecular complexity index is 719. The Kier molecular flexibility index (Phi) is 4.17. The number of nitrogens with one attached hydrogen (secondary N) is 1. The van der Waals surface area contributed by atoms with Gasteiger partial charge in [-0.15, -0.1) is 0 Å². The van der Waals surface area contributed by atoms with Crippen molar-refractivity contribution in [2.45, 2.75) is 24.9 Å². The van der Waals surface area contributed by atoms with E-state index in [4.69, 9.17) is 11.6 Å². The first kappa shape index (κ1) is 15.0. The SMILES string of the molecule is CCc1nn(C)cc1CNS(=O)(=O)c1ncn(C)c1Cl. The van der Waals surface area contributed by atoms with Crippen LogP contribution in [0.5, 0.6) is 0 Å². The third kappa shape index (κ3) is 2.87. The monoisotopic (exact) mass is 317 g/mol. The third-order valence-corrected chi connectivity index (χ3v) is 4.76. The summed E-state index contributed by atoms with van der Waals surface area (Å²) in [6, 6.07) is 0. The van der Waals surface area contributed by atoms with Crippen LogP contribution in [0, 0.1) is 0 Å². The average Bonchev–Trinajstić information content (AvgIpc) is 2.91. The quantitative estimate of drug-likeness (QED) is 0.886. The summed E-state index contributed by atoms with van der Waals surface area (Å²) in [5, 5.41) is 4.18. The molecule has 0 saturated heterocycles. The van der Waals surface area contributed by atoms with Crippen LogP contribution in [0.1, 0.15) is 18.2 Å². The van der Waals surface area contributed by atoms with Gasteiger partial charge in [-0.05, 0) is 6.42 Å². The molecule has 0 spiro atoms. The highest BCUT2D eigenvalue weighted by molar-refractivity contribution is 7.89. The van der Waals surface area contributed by atoms with Crippen molar-refractivity contribution < 1.29 is 8.42 Å². The molecule has 20 heavy (non-hydrogen) atoms. The second kappa shape index (κ2) is 5.55. The fourth-order valence-electron chi connectivity index (χ4n) is 1.84. The molecule has 0 atom stereocenters. The molecule has 1 N–H and O–H groups in total. The molecule has 0 unspecified atom stereocenters. The number of aromatic nitrogens is 4. The lowest BCUT2D eigenvalue weighted by Gasteiger charge is -2.04. The van der Waals surface area contributed by atoms with E-state index in [0.717, 1.165) is 17.7 Å². The van der Waals surface area contributed by atoms with Crippen molar-refractivity contribution in [2.75, 3.05) is 0 Å². The maximum Gasteiger partial charge on any atom is 0.261 e. The first-order valence-corrected chi connectivity index (χ1v) is 7.89. The molecule has 110 valence electrons. The van der Waals surface area contributed by atoms with Gasteiger partial charge in [0.15, 0.2) is 0 Å². The van der Waals surface area contributed by atoms with E-state index in [1.54, 1.807) is 25.0 Å². The van der Waals surface area contributed by atoms with Crippen molar-refractivity contribution in [3.63, 3.8) is 0 Å². The molecule has 0 aliphatic rings. The zero-order chi connectivity index (χ0) is 14.9. The molecule has 0 aromatic carbocycles. The molecule has 0 fully saturated rings. The lowest BCUT2D eigenvalue weighted by atomic mass is 10.2. The first-order valence-electron chi connectivity index (χ1n) is 6.03. The van der Waals surface area contributed by atoms with Crippen LogP contribution in [0.15, 0.2) is 17.6 Å². The highest BCUT2D eigenvalue weighted by Gasteiger charge is 2.22. The van der Waals surface area contributed by atoms with Crippen LogP contribution in [0.25, 0.3) is 0 Å². The third-order valence-electron chi connectivity index (χ3n) is 2.87. The van der Waals surface area contributed by atoms with E-state index in [2.05, 4.69) is 14.8 Å². The number of hydrogen-bond acceptors (Lipinski definition) is 4. The van der Waals surface area contributed by atoms with Crippen molar-refractivity contribution in [3.8, 4) is 0 Å². The van der Waals surface area contributed by atoms with Gasteiger partial charge in [0.1, 0.15) is 5.15 Å². The molecule has 2 aromatic rings. The van der Waals surface area contributed by atoms with E-state index < -0.39 is 10.0 Å². The Morgan fingerprint density at radius 3 is 2.65 bits per heavy atom. The predicted molar refractivity (Wildman–Crippen MR) is 74.8 cm³/mol. The second-order valence-electron chi connectivity index (χ2n) is 4.40. The summed E-state index contributed by atoms with van der Waals surface area (Å²) in [4.78, 5) is 3.81. The highest BCUT2D eigenvalue weighted by Crippen LogP contribution is 2.18. The lowest BCUT2D eigenvalue weighted by Crippen LogP contribution is -2.24. The van der Waals surface area contributed by atoms with Gasteiger partial charge in [0.05, 0.1) is 12.0 Å². The Morgan fingerprint density at radius 2 is 2.10 bits per heavy atom. The number of halogens is 1. The van der Waals surface area contributed by atoms with Gasteiger partial charge in [-0.25, -0.2) is 18.1 Å². The smallest absolute Gasteiger partial charge is 0.261 e. The number of sulfonamides is 1. The van der Waals surface area contributed by atoms with E-state index in [1.165, 1.54) is 10.9 Å². The van der Waals surface area contributed by atoms with Crippen LogP contribution in [0.4, 0.5) is 0 Å². The van der Waals surface area contributed by atoms with E-state index >= 15 is 0 Å². The topological polar surface area (TPSA) is 81.8 Å². The van der Waals surface area contributed by atoms with Crippen LogP contribution in [0.2, 0.25) is 5.15 Å². The highest BCUT2D eigenvalue weighted by atomic mass is 35.5. The molecule has 9 heteroatoms. The summed E-state index contributed by atoms with van der Waals surface area (Å²) in [5.41, 5.74) is 1.70. The zero-order valence-corrected chi connectivity index (χ0v) is 13.0. The van der Waals surface area contributed by atoms with Gasteiger partial charge in [-0.2, -0.15) is 5.10 Å². The second-order valence-corrected chi connectivity index (χ2v) is 6.44. The largest absolute Gasteiger partial charge is 0.324 e. The fourth-order valence-corrected chi connectivity index (χ4v) is 3.28. The van der Waals surface area contributed by atoms with Crippen LogP contribution >= 0.6 is 11.6 Å². The van der Waals surface area contributed by atoms with Crippen LogP contribution in [-0.2, 0) is 37.1 Å². The Balaban J connectivity index is 2.19. The molecule has 2 rings (SSSR count). The molecule has 0 aliphatic heterocycles. The maximum atomic E-state index is 12.1. The summed E-state index contributed by atoms with van der Waals surface area (Å²) in [6.07, 6.45) is 3.89. The summed E-state index contributed by atoms with van der Waals surface area (Å²) in [6.45, 7) is 2.13. The molecule has 0 saturated carbocycles. The minimum Gasteiger partial charge on any atom is -0.324 e. The summed E-state index contributed by atoms with van der Waals surface area (Å²) < 4.78 is 29.9. The molecule has 0 aliphatic carbocycles. The summed E-state index contributed by atoms with van der Waals surface area (Å²) in [7, 11) is -0.307. The van der Waals surface area contributed by atoms with Gasteiger partial charge in [0.2, 0.25) is 5.03 Å². The van der Waals surface area contributed by atoms with Crippen LogP contribution < -0.4 is 4.72 Å². The molecule has 0 radical (unpaired) electrons. The first-order chi connectivity index (χ1) is 9.35. The van der Waals surface area contributed by atoms with Crippen LogP contribution in [0.3, 0.4) is 0 Å². The van der Waals surface area contributed by atoms with E-state index in [9.17, 15) is 8.42 Å². The van der Waals surface area contributed by atoms with Gasteiger partial charge in [-0.1, -0.05) is 18.5 Å². The minimum absolute atomic E-state index is 0.0828. The van der Waals surface area contributed by atoms with Gasteiger partial charge in [-0.3, -0.25) is 4.68 Å². The van der Waals surface area contributed by atoms with E-state index in [0.29, 0.717) is 0 Å². The van der Waals surface area contributed by atoms with E-state index in [1.807, 2.05) is 6.92 Å². The lowest BCUT2D eigenvalue weighted by molar-refractivity contribution is 0.578. The molecular formula is C11H16ClN5O2S. The van der Waals surface area contributed by atoms with E-state index in [-0.39, 0.29) is 16.7 Å². The van der Waals surface area contributed by atoms with Crippen molar-refractivity contribution >= 4 is 21.6 Å². The van der Waals surface area contributed by atoms with Crippen molar-refractivity contribution in [1.29, 1.82) is 0 Å². The Hall–Kier alpha value is -1.38. The molecule has 7 nitrogen and oxygen atoms in total. The number of rotatable bonds is 5. The van der Waals surface area contributed by atoms with Crippen LogP contribution in [-0.4, -0.2) is 27.7 Å². The molecule has 0 bridgehead atoms. The standard InChI is InChI=1S/C11H16ClN5O2S/c1-4-9-8(6-17(3)15-9)5-14-20(18,19)11-10(12)16(2)7-13-11/h6-7,14H,4-5H2,1-3H3. The number of nitrogens with zero attached hydrogens (tertiary/aromatic N) is 4. The molecular weight excluding hydrogens is 302 g/mol. The molecule has 0 amide bonds. The predicted octanol–water partition coefficient (Wildman–Crippen LogP) is 0.848. The Morgan fingerprint density at radius 1 is 1.40 bits per heavy atom. The maximum absolute atomic E-state index is 12.1. The molecule has 2 heterocycles. The Labute approximate surface area is 122 Å². The summed E-state index contributed by atoms with van der Waals surface area (Å²) >= 11 is 5.90. The zero-order valence-electron chi connectivity index (χ0n) is 11.5. The number of aryl methyl sites for hydroxylation is 3. The fraction of sp³-hybridized carbons (Fsp3) is 0.455. The van der Waals surface area contributed by atoms with Gasteiger partial charge in [0.25, 0.3) is 10.0 Å². The average molecular weight is 318 g/mol. The number of hydrogen-bond donors (Lipinski definition) is 1. The van der Waals surface area contributed by atoms with Gasteiger partial charge < -0.3 is 4.57 Å². The molecule has 2 aromatic heterocycles. The normalized spacial score (nSPS) is 12.0. The van der Waals surface area contributed by atoms with Crippen molar-refractivity contribution in [1.82, 2.24) is 24.1 Å². The minimum atomic E-state index is -3.73. The van der Waals surface area contributed by atoms with Crippen molar-refractivity contribution in [3.05, 3.63) is 28.9 Å². The number of imidazole rings is 1.